The lowest BCUT2D eigenvalue weighted by atomic mass is 9.95. The number of carboxylic acid groups (broad SMARTS) is 1. The van der Waals surface area contributed by atoms with Crippen molar-refractivity contribution in [3.05, 3.63) is 88.5 Å². The minimum absolute atomic E-state index is 0.0712. The monoisotopic (exact) mass is 580 g/mol. The van der Waals surface area contributed by atoms with Crippen LogP contribution in [0, 0.1) is 5.41 Å². The lowest BCUT2D eigenvalue weighted by Gasteiger charge is -2.25. The van der Waals surface area contributed by atoms with E-state index >= 15 is 0 Å². The fourth-order valence-electron chi connectivity index (χ4n) is 4.95. The van der Waals surface area contributed by atoms with E-state index in [2.05, 4.69) is 20.9 Å². The first-order chi connectivity index (χ1) is 19.7. The van der Waals surface area contributed by atoms with Crippen molar-refractivity contribution in [2.24, 2.45) is 5.41 Å². The van der Waals surface area contributed by atoms with Crippen molar-refractivity contribution in [3.63, 3.8) is 0 Å². The van der Waals surface area contributed by atoms with Gasteiger partial charge in [-0.25, -0.2) is 0 Å². The SMILES string of the molecule is COc1cccc([C@H]2O[C@H](CCn3cc(COCC(C)(C)C(=O)O)nn3)c3cccn3-c3ccc(Cl)cc32)c1OC. The summed E-state index contributed by atoms with van der Waals surface area (Å²) in [5.41, 5.74) is 3.35. The van der Waals surface area contributed by atoms with Crippen LogP contribution in [0.15, 0.2) is 60.9 Å². The zero-order chi connectivity index (χ0) is 29.1. The number of halogens is 1. The Hall–Kier alpha value is -3.86. The Morgan fingerprint density at radius 3 is 2.71 bits per heavy atom. The van der Waals surface area contributed by atoms with Gasteiger partial charge in [-0.15, -0.1) is 5.10 Å². The van der Waals surface area contributed by atoms with E-state index in [0.717, 1.165) is 22.5 Å². The molecule has 41 heavy (non-hydrogen) atoms. The Morgan fingerprint density at radius 1 is 1.12 bits per heavy atom. The van der Waals surface area contributed by atoms with Gasteiger partial charge in [-0.3, -0.25) is 9.48 Å². The summed E-state index contributed by atoms with van der Waals surface area (Å²) in [7, 11) is 3.23. The molecule has 2 aromatic carbocycles. The smallest absolute Gasteiger partial charge is 0.311 e. The second-order valence-electron chi connectivity index (χ2n) is 10.5. The van der Waals surface area contributed by atoms with Crippen molar-refractivity contribution in [1.29, 1.82) is 0 Å². The molecule has 4 aromatic rings. The average Bonchev–Trinajstić information content (AvgIpc) is 3.60. The molecule has 0 amide bonds. The molecular formula is C30H33ClN4O6. The Balaban J connectivity index is 1.41. The highest BCUT2D eigenvalue weighted by Crippen LogP contribution is 2.46. The number of nitrogens with zero attached hydrogens (tertiary/aromatic N) is 4. The van der Waals surface area contributed by atoms with Gasteiger partial charge in [0.1, 0.15) is 17.9 Å². The highest BCUT2D eigenvalue weighted by atomic mass is 35.5. The van der Waals surface area contributed by atoms with Crippen molar-refractivity contribution in [2.75, 3.05) is 20.8 Å². The van der Waals surface area contributed by atoms with Gasteiger partial charge in [0.15, 0.2) is 11.5 Å². The summed E-state index contributed by atoms with van der Waals surface area (Å²) in [6, 6.07) is 15.6. The molecule has 1 N–H and O–H groups in total. The van der Waals surface area contributed by atoms with Crippen LogP contribution in [0.4, 0.5) is 0 Å². The maximum atomic E-state index is 11.3. The molecule has 1 aliphatic rings. The first-order valence-corrected chi connectivity index (χ1v) is 13.6. The van der Waals surface area contributed by atoms with E-state index in [9.17, 15) is 9.90 Å². The predicted molar refractivity (Wildman–Crippen MR) is 152 cm³/mol. The van der Waals surface area contributed by atoms with Crippen molar-refractivity contribution >= 4 is 17.6 Å². The minimum Gasteiger partial charge on any atom is -0.493 e. The molecule has 2 aromatic heterocycles. The quantitative estimate of drug-likeness (QED) is 0.243. The Morgan fingerprint density at radius 2 is 1.95 bits per heavy atom. The van der Waals surface area contributed by atoms with Crippen LogP contribution in [0.3, 0.4) is 0 Å². The van der Waals surface area contributed by atoms with E-state index in [1.807, 2.05) is 48.7 Å². The van der Waals surface area contributed by atoms with E-state index in [4.69, 9.17) is 30.5 Å². The van der Waals surface area contributed by atoms with Crippen molar-refractivity contribution < 1.29 is 28.8 Å². The predicted octanol–water partition coefficient (Wildman–Crippen LogP) is 5.62. The molecule has 11 heteroatoms. The first-order valence-electron chi connectivity index (χ1n) is 13.3. The van der Waals surface area contributed by atoms with Crippen LogP contribution < -0.4 is 9.47 Å². The third kappa shape index (κ3) is 5.95. The highest BCUT2D eigenvalue weighted by molar-refractivity contribution is 6.30. The number of carbonyl (C=O) groups is 1. The zero-order valence-corrected chi connectivity index (χ0v) is 24.2. The van der Waals surface area contributed by atoms with Gasteiger partial charge in [0.2, 0.25) is 0 Å². The van der Waals surface area contributed by atoms with Gasteiger partial charge in [0.05, 0.1) is 50.4 Å². The number of para-hydroxylation sites is 1. The van der Waals surface area contributed by atoms with E-state index in [1.165, 1.54) is 0 Å². The summed E-state index contributed by atoms with van der Waals surface area (Å²) in [5, 5.41) is 18.3. The van der Waals surface area contributed by atoms with Gasteiger partial charge in [0, 0.05) is 28.9 Å². The molecule has 2 atom stereocenters. The molecule has 5 rings (SSSR count). The molecule has 0 aliphatic carbocycles. The van der Waals surface area contributed by atoms with Crippen LogP contribution in [0.5, 0.6) is 11.5 Å². The zero-order valence-electron chi connectivity index (χ0n) is 23.4. The summed E-state index contributed by atoms with van der Waals surface area (Å²) in [6.45, 7) is 4.02. The number of ether oxygens (including phenoxy) is 4. The largest absolute Gasteiger partial charge is 0.493 e. The number of hydrogen-bond acceptors (Lipinski definition) is 7. The standard InChI is InChI=1S/C30H33ClN4O6/c1-30(2,29(36)37)18-40-17-20-16-34(33-32-20)14-12-25-24-8-6-13-35(24)23-11-10-19(31)15-22(23)27(41-25)21-7-5-9-26(38-3)28(21)39-4/h5-11,13,15-16,25,27H,12,14,17-18H2,1-4H3,(H,36,37)/t25-,27-/m1/s1. The average molecular weight is 581 g/mol. The van der Waals surface area contributed by atoms with E-state index < -0.39 is 17.5 Å². The summed E-state index contributed by atoms with van der Waals surface area (Å²) in [6.07, 6.45) is 3.63. The molecular weight excluding hydrogens is 548 g/mol. The van der Waals surface area contributed by atoms with Crippen LogP contribution in [0.2, 0.25) is 5.02 Å². The van der Waals surface area contributed by atoms with E-state index in [1.54, 1.807) is 38.9 Å². The van der Waals surface area contributed by atoms with Crippen LogP contribution in [-0.2, 0) is 27.4 Å². The number of aromatic nitrogens is 4. The number of rotatable bonds is 11. The molecule has 0 radical (unpaired) electrons. The molecule has 3 heterocycles. The number of aryl methyl sites for hydroxylation is 1. The molecule has 216 valence electrons. The van der Waals surface area contributed by atoms with Crippen molar-refractivity contribution in [3.8, 4) is 17.2 Å². The van der Waals surface area contributed by atoms with Gasteiger partial charge < -0.3 is 28.6 Å². The summed E-state index contributed by atoms with van der Waals surface area (Å²) in [4.78, 5) is 11.3. The molecule has 0 unspecified atom stereocenters. The third-order valence-corrected chi connectivity index (χ3v) is 7.39. The molecule has 0 fully saturated rings. The lowest BCUT2D eigenvalue weighted by Crippen LogP contribution is -2.29. The summed E-state index contributed by atoms with van der Waals surface area (Å²) in [5.74, 6) is 0.300. The highest BCUT2D eigenvalue weighted by Gasteiger charge is 2.33. The minimum atomic E-state index is -0.981. The fraction of sp³-hybridized carbons (Fsp3) is 0.367. The van der Waals surface area contributed by atoms with Crippen LogP contribution in [0.25, 0.3) is 5.69 Å². The Bertz CT molecular complexity index is 1530. The topological polar surface area (TPSA) is 110 Å². The van der Waals surface area contributed by atoms with Gasteiger partial charge in [-0.1, -0.05) is 28.9 Å². The number of benzene rings is 2. The Labute approximate surface area is 243 Å². The summed E-state index contributed by atoms with van der Waals surface area (Å²) < 4.78 is 27.7. The molecule has 0 saturated carbocycles. The maximum absolute atomic E-state index is 11.3. The van der Waals surface area contributed by atoms with Gasteiger partial charge in [-0.2, -0.15) is 0 Å². The van der Waals surface area contributed by atoms with Crippen LogP contribution >= 0.6 is 11.6 Å². The van der Waals surface area contributed by atoms with Gasteiger partial charge in [0.25, 0.3) is 0 Å². The van der Waals surface area contributed by atoms with Gasteiger partial charge in [-0.05, 0) is 56.7 Å². The number of hydrogen-bond donors (Lipinski definition) is 1. The van der Waals surface area contributed by atoms with Crippen molar-refractivity contribution in [1.82, 2.24) is 19.6 Å². The number of carboxylic acids is 1. The molecule has 10 nitrogen and oxygen atoms in total. The second kappa shape index (κ2) is 11.9. The van der Waals surface area contributed by atoms with Gasteiger partial charge >= 0.3 is 5.97 Å². The molecule has 0 bridgehead atoms. The molecule has 1 aliphatic heterocycles. The van der Waals surface area contributed by atoms with Crippen LogP contribution in [0.1, 0.15) is 55.0 Å². The number of fused-ring (bicyclic) bond motifs is 3. The fourth-order valence-corrected chi connectivity index (χ4v) is 5.13. The summed E-state index contributed by atoms with van der Waals surface area (Å²) >= 11 is 6.49. The van der Waals surface area contributed by atoms with E-state index in [-0.39, 0.29) is 19.3 Å². The number of methoxy groups -OCH3 is 2. The first kappa shape index (κ1) is 28.7. The van der Waals surface area contributed by atoms with Crippen LogP contribution in [-0.4, -0.2) is 51.5 Å². The molecule has 0 saturated heterocycles. The van der Waals surface area contributed by atoms with Crippen molar-refractivity contribution in [2.45, 2.75) is 45.6 Å². The normalized spacial score (nSPS) is 16.5. The third-order valence-electron chi connectivity index (χ3n) is 7.16. The Kier molecular flexibility index (Phi) is 8.35. The molecule has 0 spiro atoms. The van der Waals surface area contributed by atoms with E-state index in [0.29, 0.717) is 35.2 Å². The second-order valence-corrected chi connectivity index (χ2v) is 11.0. The maximum Gasteiger partial charge on any atom is 0.311 e. The lowest BCUT2D eigenvalue weighted by molar-refractivity contribution is -0.150. The number of aliphatic carboxylic acids is 1.